The van der Waals surface area contributed by atoms with Crippen molar-refractivity contribution >= 4 is 44.8 Å². The van der Waals surface area contributed by atoms with Crippen LogP contribution in [0.3, 0.4) is 0 Å². The van der Waals surface area contributed by atoms with E-state index < -0.39 is 10.0 Å². The predicted octanol–water partition coefficient (Wildman–Crippen LogP) is 2.93. The standard InChI is InChI=1S/C17H17ClN6O3S/c1-19-28(25,26)14-8-4-3-6-12(14)22-15-11(18)10-21-17(24-15)23-13-7-5-9-20-16(13)27-2/h3-10,19H,1-2H3,(H2,21,22,23,24). The number of sulfonamides is 1. The summed E-state index contributed by atoms with van der Waals surface area (Å²) >= 11 is 6.19. The van der Waals surface area contributed by atoms with Crippen LogP contribution in [0.25, 0.3) is 0 Å². The van der Waals surface area contributed by atoms with Crippen molar-refractivity contribution in [2.24, 2.45) is 0 Å². The molecule has 28 heavy (non-hydrogen) atoms. The number of benzene rings is 1. The molecule has 0 spiro atoms. The molecule has 2 heterocycles. The van der Waals surface area contributed by atoms with Crippen LogP contribution in [-0.4, -0.2) is 37.5 Å². The molecule has 146 valence electrons. The fourth-order valence-corrected chi connectivity index (χ4v) is 3.35. The van der Waals surface area contributed by atoms with Crippen LogP contribution in [0.2, 0.25) is 5.02 Å². The van der Waals surface area contributed by atoms with Crippen LogP contribution in [0.1, 0.15) is 0 Å². The maximum absolute atomic E-state index is 12.2. The van der Waals surface area contributed by atoms with Gasteiger partial charge in [-0.15, -0.1) is 0 Å². The highest BCUT2D eigenvalue weighted by Gasteiger charge is 2.17. The molecular weight excluding hydrogens is 404 g/mol. The van der Waals surface area contributed by atoms with E-state index in [9.17, 15) is 8.42 Å². The lowest BCUT2D eigenvalue weighted by Crippen LogP contribution is -2.19. The first-order valence-corrected chi connectivity index (χ1v) is 9.89. The largest absolute Gasteiger partial charge is 0.480 e. The Kier molecular flexibility index (Phi) is 5.93. The molecule has 0 aliphatic carbocycles. The van der Waals surface area contributed by atoms with E-state index in [2.05, 4.69) is 30.3 Å². The molecule has 0 radical (unpaired) electrons. The maximum atomic E-state index is 12.2. The second-order valence-corrected chi connectivity index (χ2v) is 7.67. The molecule has 0 bridgehead atoms. The number of rotatable bonds is 7. The van der Waals surface area contributed by atoms with Crippen molar-refractivity contribution < 1.29 is 13.2 Å². The fourth-order valence-electron chi connectivity index (χ4n) is 2.33. The predicted molar refractivity (Wildman–Crippen MR) is 107 cm³/mol. The van der Waals surface area contributed by atoms with Gasteiger partial charge in [-0.1, -0.05) is 23.7 Å². The highest BCUT2D eigenvalue weighted by atomic mass is 35.5. The summed E-state index contributed by atoms with van der Waals surface area (Å²) in [6.45, 7) is 0. The van der Waals surface area contributed by atoms with Gasteiger partial charge in [0.2, 0.25) is 21.9 Å². The number of para-hydroxylation sites is 1. The van der Waals surface area contributed by atoms with Gasteiger partial charge in [0.15, 0.2) is 5.82 Å². The third-order valence-corrected chi connectivity index (χ3v) is 5.40. The monoisotopic (exact) mass is 420 g/mol. The van der Waals surface area contributed by atoms with Gasteiger partial charge in [0.25, 0.3) is 0 Å². The average Bonchev–Trinajstić information content (AvgIpc) is 2.71. The lowest BCUT2D eigenvalue weighted by molar-refractivity contribution is 0.400. The molecule has 0 fully saturated rings. The van der Waals surface area contributed by atoms with Gasteiger partial charge in [-0.25, -0.2) is 23.1 Å². The van der Waals surface area contributed by atoms with Crippen molar-refractivity contribution in [2.45, 2.75) is 4.90 Å². The molecule has 11 heteroatoms. The van der Waals surface area contributed by atoms with E-state index in [-0.39, 0.29) is 21.7 Å². The van der Waals surface area contributed by atoms with E-state index in [1.165, 1.54) is 26.4 Å². The second-order valence-electron chi connectivity index (χ2n) is 5.40. The first kappa shape index (κ1) is 19.8. The van der Waals surface area contributed by atoms with Crippen molar-refractivity contribution in [2.75, 3.05) is 24.8 Å². The van der Waals surface area contributed by atoms with Crippen LogP contribution in [0, 0.1) is 0 Å². The molecule has 0 atom stereocenters. The van der Waals surface area contributed by atoms with Crippen molar-refractivity contribution in [3.63, 3.8) is 0 Å². The SMILES string of the molecule is CNS(=O)(=O)c1ccccc1Nc1nc(Nc2cccnc2OC)ncc1Cl. The van der Waals surface area contributed by atoms with Crippen molar-refractivity contribution in [3.05, 3.63) is 53.8 Å². The topological polar surface area (TPSA) is 118 Å². The quantitative estimate of drug-likeness (QED) is 0.534. The minimum absolute atomic E-state index is 0.0654. The van der Waals surface area contributed by atoms with Gasteiger partial charge in [-0.05, 0) is 31.3 Å². The van der Waals surface area contributed by atoms with Gasteiger partial charge in [0.05, 0.1) is 19.0 Å². The Balaban J connectivity index is 1.94. The summed E-state index contributed by atoms with van der Waals surface area (Å²) < 4.78 is 31.9. The third kappa shape index (κ3) is 4.30. The molecule has 0 saturated heterocycles. The zero-order valence-electron chi connectivity index (χ0n) is 15.0. The summed E-state index contributed by atoms with van der Waals surface area (Å²) in [7, 11) is -0.826. The smallest absolute Gasteiger partial charge is 0.242 e. The second kappa shape index (κ2) is 8.38. The molecule has 0 aliphatic rings. The third-order valence-electron chi connectivity index (χ3n) is 3.65. The van der Waals surface area contributed by atoms with E-state index in [0.717, 1.165) is 0 Å². The first-order chi connectivity index (χ1) is 13.4. The Bertz CT molecular complexity index is 1090. The lowest BCUT2D eigenvalue weighted by Gasteiger charge is -2.14. The van der Waals surface area contributed by atoms with Crippen LogP contribution in [0.15, 0.2) is 53.7 Å². The molecule has 3 aromatic rings. The zero-order valence-corrected chi connectivity index (χ0v) is 16.5. The Morgan fingerprint density at radius 1 is 1.04 bits per heavy atom. The van der Waals surface area contributed by atoms with E-state index in [0.29, 0.717) is 17.3 Å². The van der Waals surface area contributed by atoms with Gasteiger partial charge in [0.1, 0.15) is 15.6 Å². The summed E-state index contributed by atoms with van der Waals surface area (Å²) in [5, 5.41) is 6.16. The first-order valence-electron chi connectivity index (χ1n) is 8.03. The van der Waals surface area contributed by atoms with E-state index >= 15 is 0 Å². The maximum Gasteiger partial charge on any atom is 0.242 e. The highest BCUT2D eigenvalue weighted by Crippen LogP contribution is 2.29. The normalized spacial score (nSPS) is 11.1. The van der Waals surface area contributed by atoms with Gasteiger partial charge < -0.3 is 15.4 Å². The Hall–Kier alpha value is -2.95. The van der Waals surface area contributed by atoms with Crippen LogP contribution in [0.4, 0.5) is 23.1 Å². The van der Waals surface area contributed by atoms with Crippen molar-refractivity contribution in [1.82, 2.24) is 19.7 Å². The summed E-state index contributed by atoms with van der Waals surface area (Å²) in [6, 6.07) is 9.90. The van der Waals surface area contributed by atoms with Gasteiger partial charge >= 0.3 is 0 Å². The van der Waals surface area contributed by atoms with E-state index in [1.54, 1.807) is 36.5 Å². The van der Waals surface area contributed by atoms with Crippen molar-refractivity contribution in [1.29, 1.82) is 0 Å². The Labute approximate surface area is 167 Å². The minimum atomic E-state index is -3.67. The lowest BCUT2D eigenvalue weighted by atomic mass is 10.3. The molecule has 9 nitrogen and oxygen atoms in total. The number of hydrogen-bond donors (Lipinski definition) is 3. The molecule has 2 aromatic heterocycles. The van der Waals surface area contributed by atoms with E-state index in [4.69, 9.17) is 16.3 Å². The number of anilines is 4. The van der Waals surface area contributed by atoms with Gasteiger partial charge in [-0.2, -0.15) is 4.98 Å². The number of ether oxygens (including phenoxy) is 1. The van der Waals surface area contributed by atoms with E-state index in [1.807, 2.05) is 0 Å². The Morgan fingerprint density at radius 3 is 2.54 bits per heavy atom. The highest BCUT2D eigenvalue weighted by molar-refractivity contribution is 7.89. The molecule has 0 amide bonds. The fraction of sp³-hybridized carbons (Fsp3) is 0.118. The number of halogens is 1. The molecule has 0 aliphatic heterocycles. The van der Waals surface area contributed by atoms with Crippen LogP contribution in [-0.2, 0) is 10.0 Å². The summed E-state index contributed by atoms with van der Waals surface area (Å²) in [6.07, 6.45) is 3.00. The number of pyridine rings is 1. The summed E-state index contributed by atoms with van der Waals surface area (Å²) in [5.74, 6) is 0.842. The average molecular weight is 421 g/mol. The van der Waals surface area contributed by atoms with Gasteiger partial charge in [0, 0.05) is 6.20 Å². The summed E-state index contributed by atoms with van der Waals surface area (Å²) in [5.41, 5.74) is 0.888. The van der Waals surface area contributed by atoms with Crippen molar-refractivity contribution in [3.8, 4) is 5.88 Å². The zero-order chi connectivity index (χ0) is 20.1. The van der Waals surface area contributed by atoms with Crippen LogP contribution < -0.4 is 20.1 Å². The summed E-state index contributed by atoms with van der Waals surface area (Å²) in [4.78, 5) is 12.6. The Morgan fingerprint density at radius 2 is 1.79 bits per heavy atom. The molecular formula is C17H17ClN6O3S. The van der Waals surface area contributed by atoms with Crippen LogP contribution >= 0.6 is 11.6 Å². The number of nitrogens with zero attached hydrogens (tertiary/aromatic N) is 3. The molecule has 3 N–H and O–H groups in total. The van der Waals surface area contributed by atoms with Crippen LogP contribution in [0.5, 0.6) is 5.88 Å². The number of methoxy groups -OCH3 is 1. The molecule has 1 aromatic carbocycles. The van der Waals surface area contributed by atoms with Gasteiger partial charge in [-0.3, -0.25) is 0 Å². The number of nitrogens with one attached hydrogen (secondary N) is 3. The molecule has 0 unspecified atom stereocenters. The molecule has 3 rings (SSSR count). The minimum Gasteiger partial charge on any atom is -0.480 e. The number of hydrogen-bond acceptors (Lipinski definition) is 8. The number of aromatic nitrogens is 3. The molecule has 0 saturated carbocycles.